The largest absolute Gasteiger partial charge is 0.375 e. The molecule has 0 saturated carbocycles. The van der Waals surface area contributed by atoms with Crippen LogP contribution in [0.4, 0.5) is 0 Å². The van der Waals surface area contributed by atoms with E-state index in [9.17, 15) is 9.59 Å². The van der Waals surface area contributed by atoms with Gasteiger partial charge >= 0.3 is 0 Å². The zero-order valence-corrected chi connectivity index (χ0v) is 16.3. The predicted octanol–water partition coefficient (Wildman–Crippen LogP) is 2.44. The van der Waals surface area contributed by atoms with E-state index in [1.54, 1.807) is 6.07 Å². The summed E-state index contributed by atoms with van der Waals surface area (Å²) in [5, 5.41) is 3.88. The van der Waals surface area contributed by atoms with Gasteiger partial charge in [-0.3, -0.25) is 14.5 Å². The van der Waals surface area contributed by atoms with E-state index in [1.165, 1.54) is 5.56 Å². The molecule has 1 amide bonds. The fourth-order valence-corrected chi connectivity index (χ4v) is 3.79. The number of aromatic amines is 1. The number of aromatic nitrogens is 1. The monoisotopic (exact) mass is 391 g/mol. The summed E-state index contributed by atoms with van der Waals surface area (Å²) < 4.78 is 5.80. The van der Waals surface area contributed by atoms with Crippen molar-refractivity contribution in [2.45, 2.75) is 25.6 Å². The third-order valence-corrected chi connectivity index (χ3v) is 5.20. The van der Waals surface area contributed by atoms with Crippen molar-refractivity contribution in [1.82, 2.24) is 15.2 Å². The highest BCUT2D eigenvalue weighted by molar-refractivity contribution is 5.83. The predicted molar refractivity (Wildman–Crippen MR) is 112 cm³/mol. The van der Waals surface area contributed by atoms with Gasteiger partial charge in [0.1, 0.15) is 0 Å². The lowest BCUT2D eigenvalue weighted by molar-refractivity contribution is -0.126. The number of nitrogens with zero attached hydrogens (tertiary/aromatic N) is 1. The van der Waals surface area contributed by atoms with E-state index in [0.717, 1.165) is 36.1 Å². The van der Waals surface area contributed by atoms with E-state index in [4.69, 9.17) is 4.74 Å². The van der Waals surface area contributed by atoms with E-state index in [1.807, 2.05) is 42.5 Å². The summed E-state index contributed by atoms with van der Waals surface area (Å²) in [7, 11) is 0. The minimum Gasteiger partial charge on any atom is -0.375 e. The maximum atomic E-state index is 12.5. The molecule has 0 bridgehead atoms. The molecular formula is C23H25N3O3. The van der Waals surface area contributed by atoms with Gasteiger partial charge in [0.15, 0.2) is 0 Å². The van der Waals surface area contributed by atoms with Gasteiger partial charge in [0.25, 0.3) is 0 Å². The molecule has 1 saturated heterocycles. The highest BCUT2D eigenvalue weighted by Crippen LogP contribution is 2.15. The molecule has 2 N–H and O–H groups in total. The Morgan fingerprint density at radius 3 is 2.79 bits per heavy atom. The van der Waals surface area contributed by atoms with Gasteiger partial charge in [0, 0.05) is 43.1 Å². The zero-order valence-electron chi connectivity index (χ0n) is 16.3. The second-order valence-electron chi connectivity index (χ2n) is 7.40. The molecule has 1 aromatic heterocycles. The minimum absolute atomic E-state index is 0.0686. The van der Waals surface area contributed by atoms with Crippen molar-refractivity contribution in [2.75, 3.05) is 19.7 Å². The van der Waals surface area contributed by atoms with Crippen LogP contribution in [0.5, 0.6) is 0 Å². The van der Waals surface area contributed by atoms with E-state index < -0.39 is 0 Å². The summed E-state index contributed by atoms with van der Waals surface area (Å²) in [6, 6.07) is 19.5. The molecule has 1 unspecified atom stereocenters. The topological polar surface area (TPSA) is 74.4 Å². The van der Waals surface area contributed by atoms with E-state index in [0.29, 0.717) is 19.6 Å². The van der Waals surface area contributed by atoms with E-state index in [2.05, 4.69) is 27.3 Å². The van der Waals surface area contributed by atoms with Crippen LogP contribution < -0.4 is 10.9 Å². The number of rotatable bonds is 6. The quantitative estimate of drug-likeness (QED) is 0.677. The molecule has 6 nitrogen and oxygen atoms in total. The van der Waals surface area contributed by atoms with Crippen molar-refractivity contribution in [3.05, 3.63) is 82.1 Å². The lowest BCUT2D eigenvalue weighted by Gasteiger charge is -2.32. The van der Waals surface area contributed by atoms with Crippen LogP contribution in [0.15, 0.2) is 65.5 Å². The number of pyridine rings is 1. The second-order valence-corrected chi connectivity index (χ2v) is 7.40. The molecule has 4 rings (SSSR count). The number of para-hydroxylation sites is 1. The van der Waals surface area contributed by atoms with E-state index in [-0.39, 0.29) is 17.6 Å². The summed E-state index contributed by atoms with van der Waals surface area (Å²) in [5.74, 6) is -0.0686. The number of nitrogens with one attached hydrogen (secondary N) is 2. The van der Waals surface area contributed by atoms with Crippen LogP contribution in [0.1, 0.15) is 17.5 Å². The molecule has 1 fully saturated rings. The highest BCUT2D eigenvalue weighted by Gasteiger charge is 2.23. The molecule has 6 heteroatoms. The van der Waals surface area contributed by atoms with Crippen LogP contribution >= 0.6 is 0 Å². The van der Waals surface area contributed by atoms with Crippen LogP contribution in [0, 0.1) is 0 Å². The van der Waals surface area contributed by atoms with Crippen molar-refractivity contribution in [3.63, 3.8) is 0 Å². The van der Waals surface area contributed by atoms with Crippen LogP contribution in [0.25, 0.3) is 10.9 Å². The number of amides is 1. The summed E-state index contributed by atoms with van der Waals surface area (Å²) >= 11 is 0. The summed E-state index contributed by atoms with van der Waals surface area (Å²) in [4.78, 5) is 29.5. The number of H-pyrrole nitrogens is 1. The lowest BCUT2D eigenvalue weighted by Crippen LogP contribution is -2.44. The molecule has 1 atom stereocenters. The van der Waals surface area contributed by atoms with Crippen molar-refractivity contribution in [1.29, 1.82) is 0 Å². The Morgan fingerprint density at radius 2 is 1.93 bits per heavy atom. The molecule has 0 aliphatic carbocycles. The van der Waals surface area contributed by atoms with Gasteiger partial charge in [-0.15, -0.1) is 0 Å². The molecule has 1 aliphatic heterocycles. The number of carbonyl (C=O) groups excluding carboxylic acids is 1. The Kier molecular flexibility index (Phi) is 6.03. The van der Waals surface area contributed by atoms with Gasteiger partial charge in [-0.2, -0.15) is 0 Å². The summed E-state index contributed by atoms with van der Waals surface area (Å²) in [6.07, 6.45) is 0.190. The number of fused-ring (bicyclic) bond motifs is 1. The molecule has 2 aromatic carbocycles. The Balaban J connectivity index is 1.32. The first-order valence-electron chi connectivity index (χ1n) is 9.93. The van der Waals surface area contributed by atoms with Crippen LogP contribution in [-0.4, -0.2) is 41.6 Å². The average Bonchev–Trinajstić information content (AvgIpc) is 2.73. The van der Waals surface area contributed by atoms with Crippen molar-refractivity contribution in [2.24, 2.45) is 0 Å². The van der Waals surface area contributed by atoms with Gasteiger partial charge in [0.2, 0.25) is 11.5 Å². The highest BCUT2D eigenvalue weighted by atomic mass is 16.5. The molecule has 0 radical (unpaired) electrons. The Morgan fingerprint density at radius 1 is 1.14 bits per heavy atom. The van der Waals surface area contributed by atoms with Crippen molar-refractivity contribution >= 4 is 16.8 Å². The molecule has 150 valence electrons. The number of benzene rings is 2. The molecule has 3 aromatic rings. The molecule has 2 heterocycles. The van der Waals surface area contributed by atoms with Gasteiger partial charge in [-0.1, -0.05) is 48.5 Å². The maximum Gasteiger partial charge on any atom is 0.248 e. The number of morpholine rings is 1. The van der Waals surface area contributed by atoms with Crippen LogP contribution in [0.2, 0.25) is 0 Å². The summed E-state index contributed by atoms with van der Waals surface area (Å²) in [6.45, 7) is 3.41. The van der Waals surface area contributed by atoms with Crippen molar-refractivity contribution < 1.29 is 9.53 Å². The first-order chi connectivity index (χ1) is 14.2. The third-order valence-electron chi connectivity index (χ3n) is 5.20. The summed E-state index contributed by atoms with van der Waals surface area (Å²) in [5.41, 5.74) is 2.68. The number of hydrogen-bond acceptors (Lipinski definition) is 4. The minimum atomic E-state index is -0.167. The standard InChI is InChI=1S/C23H25N3O3/c27-22(24-14-18-12-23(28)25-21-9-5-4-8-20(18)21)13-19-16-26(10-11-29-19)15-17-6-2-1-3-7-17/h1-9,12,19H,10-11,13-16H2,(H,24,27)(H,25,28). The first-order valence-corrected chi connectivity index (χ1v) is 9.93. The third kappa shape index (κ3) is 5.10. The first kappa shape index (κ1) is 19.4. The van der Waals surface area contributed by atoms with Crippen LogP contribution in [-0.2, 0) is 22.6 Å². The van der Waals surface area contributed by atoms with Gasteiger partial charge in [-0.05, 0) is 17.2 Å². The average molecular weight is 391 g/mol. The molecule has 29 heavy (non-hydrogen) atoms. The van der Waals surface area contributed by atoms with E-state index >= 15 is 0 Å². The number of hydrogen-bond donors (Lipinski definition) is 2. The Bertz CT molecular complexity index is 1030. The fourth-order valence-electron chi connectivity index (χ4n) is 3.79. The SMILES string of the molecule is O=C(CC1CN(Cc2ccccc2)CCO1)NCc1cc(=O)[nH]c2ccccc12. The molecule has 1 aliphatic rings. The Labute approximate surface area is 169 Å². The van der Waals surface area contributed by atoms with Crippen molar-refractivity contribution in [3.8, 4) is 0 Å². The van der Waals surface area contributed by atoms with Crippen LogP contribution in [0.3, 0.4) is 0 Å². The zero-order chi connectivity index (χ0) is 20.1. The van der Waals surface area contributed by atoms with Gasteiger partial charge in [-0.25, -0.2) is 0 Å². The molecular weight excluding hydrogens is 366 g/mol. The maximum absolute atomic E-state index is 12.5. The normalized spacial score (nSPS) is 17.3. The van der Waals surface area contributed by atoms with Gasteiger partial charge in [0.05, 0.1) is 19.1 Å². The molecule has 0 spiro atoms. The Hall–Kier alpha value is -2.96. The van der Waals surface area contributed by atoms with Gasteiger partial charge < -0.3 is 15.0 Å². The second kappa shape index (κ2) is 9.03. The number of ether oxygens (including phenoxy) is 1. The fraction of sp³-hybridized carbons (Fsp3) is 0.304. The number of carbonyl (C=O) groups is 1. The lowest BCUT2D eigenvalue weighted by atomic mass is 10.1. The smallest absolute Gasteiger partial charge is 0.248 e.